The normalized spacial score (nSPS) is 11.9. The summed E-state index contributed by atoms with van der Waals surface area (Å²) in [5, 5.41) is 3.04. The van der Waals surface area contributed by atoms with Gasteiger partial charge in [0.25, 0.3) is 0 Å². The molecule has 0 spiro atoms. The third kappa shape index (κ3) is 4.35. The fourth-order valence-corrected chi connectivity index (χ4v) is 2.85. The maximum Gasteiger partial charge on any atom is 0.220 e. The first-order valence-electron chi connectivity index (χ1n) is 8.48. The van der Waals surface area contributed by atoms with E-state index in [2.05, 4.69) is 23.3 Å². The second kappa shape index (κ2) is 7.79. The Hall–Kier alpha value is -2.88. The first-order chi connectivity index (χ1) is 12.1. The topological polar surface area (TPSA) is 55.1 Å². The monoisotopic (exact) mass is 334 g/mol. The van der Waals surface area contributed by atoms with E-state index in [0.29, 0.717) is 18.7 Å². The number of amides is 1. The molecule has 0 saturated heterocycles. The maximum absolute atomic E-state index is 12.2. The number of nitrogens with one attached hydrogen (secondary N) is 1. The molecule has 1 amide bonds. The van der Waals surface area contributed by atoms with E-state index in [0.717, 1.165) is 16.9 Å². The zero-order valence-corrected chi connectivity index (χ0v) is 14.5. The SMILES string of the molecule is Cc1ccccc1[C@@H](C)NC(=O)CCc1ncc(-c2ccccc2)o1. The quantitative estimate of drug-likeness (QED) is 0.724. The molecule has 0 saturated carbocycles. The molecular formula is C21H22N2O2. The number of aryl methyl sites for hydroxylation is 2. The number of carbonyl (C=O) groups is 1. The Bertz CT molecular complexity index is 840. The predicted molar refractivity (Wildman–Crippen MR) is 98.0 cm³/mol. The fourth-order valence-electron chi connectivity index (χ4n) is 2.85. The van der Waals surface area contributed by atoms with Crippen LogP contribution in [-0.2, 0) is 11.2 Å². The van der Waals surface area contributed by atoms with Crippen molar-refractivity contribution in [3.8, 4) is 11.3 Å². The van der Waals surface area contributed by atoms with E-state index < -0.39 is 0 Å². The minimum atomic E-state index is -0.0156. The maximum atomic E-state index is 12.2. The molecule has 4 nitrogen and oxygen atoms in total. The molecule has 0 fully saturated rings. The number of nitrogens with zero attached hydrogens (tertiary/aromatic N) is 1. The summed E-state index contributed by atoms with van der Waals surface area (Å²) in [6.45, 7) is 4.05. The van der Waals surface area contributed by atoms with Crippen molar-refractivity contribution in [3.63, 3.8) is 0 Å². The van der Waals surface area contributed by atoms with Crippen LogP contribution in [0.1, 0.15) is 36.4 Å². The summed E-state index contributed by atoms with van der Waals surface area (Å²) in [5.74, 6) is 1.30. The summed E-state index contributed by atoms with van der Waals surface area (Å²) < 4.78 is 5.74. The summed E-state index contributed by atoms with van der Waals surface area (Å²) in [5.41, 5.74) is 3.30. The largest absolute Gasteiger partial charge is 0.441 e. The Labute approximate surface area is 147 Å². The number of aromatic nitrogens is 1. The Morgan fingerprint density at radius 3 is 2.60 bits per heavy atom. The highest BCUT2D eigenvalue weighted by Gasteiger charge is 2.13. The fraction of sp³-hybridized carbons (Fsp3) is 0.238. The van der Waals surface area contributed by atoms with Crippen molar-refractivity contribution in [2.75, 3.05) is 0 Å². The number of benzene rings is 2. The third-order valence-corrected chi connectivity index (χ3v) is 4.21. The van der Waals surface area contributed by atoms with Gasteiger partial charge in [-0.1, -0.05) is 54.6 Å². The molecule has 128 valence electrons. The molecule has 25 heavy (non-hydrogen) atoms. The Morgan fingerprint density at radius 1 is 1.12 bits per heavy atom. The highest BCUT2D eigenvalue weighted by Crippen LogP contribution is 2.20. The Kier molecular flexibility index (Phi) is 5.29. The van der Waals surface area contributed by atoms with Crippen LogP contribution in [-0.4, -0.2) is 10.9 Å². The molecule has 0 aliphatic heterocycles. The van der Waals surface area contributed by atoms with E-state index in [9.17, 15) is 4.79 Å². The van der Waals surface area contributed by atoms with Crippen LogP contribution in [0.15, 0.2) is 65.2 Å². The van der Waals surface area contributed by atoms with Gasteiger partial charge >= 0.3 is 0 Å². The van der Waals surface area contributed by atoms with Crippen molar-refractivity contribution >= 4 is 5.91 Å². The molecule has 0 aliphatic carbocycles. The molecule has 0 aliphatic rings. The molecule has 0 unspecified atom stereocenters. The van der Waals surface area contributed by atoms with Gasteiger partial charge in [0.2, 0.25) is 5.91 Å². The number of hydrogen-bond donors (Lipinski definition) is 1. The highest BCUT2D eigenvalue weighted by atomic mass is 16.4. The smallest absolute Gasteiger partial charge is 0.220 e. The summed E-state index contributed by atoms with van der Waals surface area (Å²) in [6.07, 6.45) is 2.54. The van der Waals surface area contributed by atoms with Crippen molar-refractivity contribution in [1.29, 1.82) is 0 Å². The van der Waals surface area contributed by atoms with Crippen molar-refractivity contribution in [1.82, 2.24) is 10.3 Å². The van der Waals surface area contributed by atoms with Crippen LogP contribution in [0.2, 0.25) is 0 Å². The van der Waals surface area contributed by atoms with Crippen molar-refractivity contribution in [3.05, 3.63) is 77.8 Å². The van der Waals surface area contributed by atoms with Crippen LogP contribution in [0.4, 0.5) is 0 Å². The lowest BCUT2D eigenvalue weighted by atomic mass is 10.0. The second-order valence-corrected chi connectivity index (χ2v) is 6.13. The first-order valence-corrected chi connectivity index (χ1v) is 8.48. The lowest BCUT2D eigenvalue weighted by Crippen LogP contribution is -2.27. The minimum Gasteiger partial charge on any atom is -0.441 e. The molecule has 0 radical (unpaired) electrons. The number of carbonyl (C=O) groups excluding carboxylic acids is 1. The van der Waals surface area contributed by atoms with Gasteiger partial charge in [0.15, 0.2) is 11.7 Å². The van der Waals surface area contributed by atoms with Crippen LogP contribution in [0, 0.1) is 6.92 Å². The zero-order chi connectivity index (χ0) is 17.6. The molecule has 4 heteroatoms. The summed E-state index contributed by atoms with van der Waals surface area (Å²) in [7, 11) is 0. The van der Waals surface area contributed by atoms with Gasteiger partial charge in [-0.3, -0.25) is 4.79 Å². The van der Waals surface area contributed by atoms with Gasteiger partial charge < -0.3 is 9.73 Å². The molecule has 0 bridgehead atoms. The van der Waals surface area contributed by atoms with Gasteiger partial charge in [-0.05, 0) is 25.0 Å². The molecular weight excluding hydrogens is 312 g/mol. The molecule has 1 heterocycles. The summed E-state index contributed by atoms with van der Waals surface area (Å²) in [4.78, 5) is 16.5. The van der Waals surface area contributed by atoms with Gasteiger partial charge in [-0.25, -0.2) is 4.98 Å². The third-order valence-electron chi connectivity index (χ3n) is 4.21. The van der Waals surface area contributed by atoms with Crippen molar-refractivity contribution in [2.45, 2.75) is 32.7 Å². The first kappa shape index (κ1) is 17.0. The van der Waals surface area contributed by atoms with E-state index in [1.807, 2.05) is 55.5 Å². The predicted octanol–water partition coefficient (Wildman–Crippen LogP) is 4.46. The molecule has 1 N–H and O–H groups in total. The van der Waals surface area contributed by atoms with Crippen LogP contribution in [0.25, 0.3) is 11.3 Å². The van der Waals surface area contributed by atoms with Gasteiger partial charge in [0, 0.05) is 18.4 Å². The molecule has 2 aromatic carbocycles. The number of rotatable bonds is 6. The van der Waals surface area contributed by atoms with Gasteiger partial charge in [0.1, 0.15) is 0 Å². The second-order valence-electron chi connectivity index (χ2n) is 6.13. The lowest BCUT2D eigenvalue weighted by molar-refractivity contribution is -0.121. The van der Waals surface area contributed by atoms with Crippen LogP contribution in [0.3, 0.4) is 0 Å². The number of hydrogen-bond acceptors (Lipinski definition) is 3. The number of oxazole rings is 1. The molecule has 3 aromatic rings. The Morgan fingerprint density at radius 2 is 1.84 bits per heavy atom. The molecule has 3 rings (SSSR count). The lowest BCUT2D eigenvalue weighted by Gasteiger charge is -2.16. The van der Waals surface area contributed by atoms with Crippen LogP contribution < -0.4 is 5.32 Å². The van der Waals surface area contributed by atoms with Gasteiger partial charge in [-0.2, -0.15) is 0 Å². The van der Waals surface area contributed by atoms with E-state index in [4.69, 9.17) is 4.42 Å². The van der Waals surface area contributed by atoms with Gasteiger partial charge in [-0.15, -0.1) is 0 Å². The average Bonchev–Trinajstić information content (AvgIpc) is 3.10. The van der Waals surface area contributed by atoms with Gasteiger partial charge in [0.05, 0.1) is 12.2 Å². The van der Waals surface area contributed by atoms with Crippen molar-refractivity contribution in [2.24, 2.45) is 0 Å². The van der Waals surface area contributed by atoms with Crippen molar-refractivity contribution < 1.29 is 9.21 Å². The zero-order valence-electron chi connectivity index (χ0n) is 14.5. The standard InChI is InChI=1S/C21H22N2O2/c1-15-8-6-7-11-18(15)16(2)23-20(24)12-13-21-22-14-19(25-21)17-9-4-3-5-10-17/h3-11,14,16H,12-13H2,1-2H3,(H,23,24)/t16-/m1/s1. The van der Waals surface area contributed by atoms with E-state index in [1.165, 1.54) is 5.56 Å². The summed E-state index contributed by atoms with van der Waals surface area (Å²) >= 11 is 0. The van der Waals surface area contributed by atoms with Crippen LogP contribution in [0.5, 0.6) is 0 Å². The highest BCUT2D eigenvalue weighted by molar-refractivity contribution is 5.76. The Balaban J connectivity index is 1.54. The van der Waals surface area contributed by atoms with E-state index in [1.54, 1.807) is 6.20 Å². The van der Waals surface area contributed by atoms with E-state index in [-0.39, 0.29) is 11.9 Å². The average molecular weight is 334 g/mol. The summed E-state index contributed by atoms with van der Waals surface area (Å²) in [6, 6.07) is 17.9. The van der Waals surface area contributed by atoms with E-state index >= 15 is 0 Å². The molecule has 1 atom stereocenters. The minimum absolute atomic E-state index is 0.00443. The molecule has 1 aromatic heterocycles. The van der Waals surface area contributed by atoms with Crippen LogP contribution >= 0.6 is 0 Å².